The van der Waals surface area contributed by atoms with Crippen LogP contribution in [0.25, 0.3) is 6.08 Å². The molecule has 8 rings (SSSR count). The zero-order chi connectivity index (χ0) is 27.8. The maximum Gasteiger partial charge on any atom is 0.0490 e. The summed E-state index contributed by atoms with van der Waals surface area (Å²) in [5, 5.41) is 0. The third-order valence-electron chi connectivity index (χ3n) is 11.5. The average Bonchev–Trinajstić information content (AvgIpc) is 3.49. The van der Waals surface area contributed by atoms with Crippen LogP contribution in [-0.2, 0) is 37.5 Å². The van der Waals surface area contributed by atoms with Crippen molar-refractivity contribution >= 4 is 17.5 Å². The van der Waals surface area contributed by atoms with Gasteiger partial charge in [-0.05, 0) is 120 Å². The molecule has 0 saturated heterocycles. The first-order valence-corrected chi connectivity index (χ1v) is 15.8. The SMILES string of the molecule is CC1=Cc2c(N3CCc4ccccc43)cc3c(c2CC1)CCC1(C3)C(Cc2ccccc2)c2ccccc2C1(C)C. The number of fused-ring (bicyclic) bond motifs is 5. The lowest BCUT2D eigenvalue weighted by atomic mass is 9.53. The first-order chi connectivity index (χ1) is 20.0. The fraction of sp³-hybridized carbons (Fsp3) is 0.350. The highest BCUT2D eigenvalue weighted by Crippen LogP contribution is 2.65. The molecule has 2 atom stereocenters. The number of anilines is 2. The van der Waals surface area contributed by atoms with Gasteiger partial charge in [-0.25, -0.2) is 0 Å². The zero-order valence-corrected chi connectivity index (χ0v) is 24.8. The Kier molecular flexibility index (Phi) is 5.65. The molecule has 1 heteroatoms. The number of nitrogens with zero attached hydrogens (tertiary/aromatic N) is 1. The molecule has 0 aromatic heterocycles. The van der Waals surface area contributed by atoms with Gasteiger partial charge in [0.15, 0.2) is 0 Å². The maximum atomic E-state index is 2.64. The van der Waals surface area contributed by atoms with E-state index in [-0.39, 0.29) is 10.8 Å². The lowest BCUT2D eigenvalue weighted by Crippen LogP contribution is -2.45. The Morgan fingerprint density at radius 3 is 2.41 bits per heavy atom. The van der Waals surface area contributed by atoms with Crippen molar-refractivity contribution in [1.29, 1.82) is 0 Å². The Labute approximate surface area is 245 Å². The number of para-hydroxylation sites is 1. The van der Waals surface area contributed by atoms with Crippen LogP contribution in [-0.4, -0.2) is 6.54 Å². The minimum absolute atomic E-state index is 0.119. The summed E-state index contributed by atoms with van der Waals surface area (Å²) in [4.78, 5) is 2.64. The summed E-state index contributed by atoms with van der Waals surface area (Å²) >= 11 is 0. The van der Waals surface area contributed by atoms with Gasteiger partial charge in [-0.2, -0.15) is 0 Å². The minimum atomic E-state index is 0.119. The smallest absolute Gasteiger partial charge is 0.0490 e. The highest BCUT2D eigenvalue weighted by molar-refractivity contribution is 5.82. The first-order valence-electron chi connectivity index (χ1n) is 15.8. The molecular formula is C40H41N. The summed E-state index contributed by atoms with van der Waals surface area (Å²) in [7, 11) is 0. The Morgan fingerprint density at radius 2 is 1.54 bits per heavy atom. The molecule has 0 fully saturated rings. The summed E-state index contributed by atoms with van der Waals surface area (Å²) in [6.07, 6.45) is 10.8. The number of benzene rings is 4. The fourth-order valence-electron chi connectivity index (χ4n) is 9.34. The summed E-state index contributed by atoms with van der Waals surface area (Å²) in [6, 6.07) is 32.4. The van der Waals surface area contributed by atoms with Crippen molar-refractivity contribution in [3.8, 4) is 0 Å². The van der Waals surface area contributed by atoms with E-state index in [1.54, 1.807) is 27.8 Å². The molecule has 1 heterocycles. The van der Waals surface area contributed by atoms with Gasteiger partial charge in [0.05, 0.1) is 0 Å². The first kappa shape index (κ1) is 25.2. The normalized spacial score (nSPS) is 23.5. The maximum absolute atomic E-state index is 2.64. The van der Waals surface area contributed by atoms with Crippen molar-refractivity contribution in [2.24, 2.45) is 5.41 Å². The van der Waals surface area contributed by atoms with E-state index in [9.17, 15) is 0 Å². The quantitative estimate of drug-likeness (QED) is 0.252. The zero-order valence-electron chi connectivity index (χ0n) is 24.8. The van der Waals surface area contributed by atoms with Crippen molar-refractivity contribution in [2.75, 3.05) is 11.4 Å². The van der Waals surface area contributed by atoms with E-state index in [4.69, 9.17) is 0 Å². The van der Waals surface area contributed by atoms with E-state index >= 15 is 0 Å². The molecule has 0 radical (unpaired) electrons. The van der Waals surface area contributed by atoms with E-state index in [0.29, 0.717) is 5.92 Å². The predicted molar refractivity (Wildman–Crippen MR) is 172 cm³/mol. The van der Waals surface area contributed by atoms with Crippen molar-refractivity contribution in [3.63, 3.8) is 0 Å². The number of rotatable bonds is 3. The van der Waals surface area contributed by atoms with Crippen LogP contribution in [0.15, 0.2) is 90.5 Å². The second-order valence-corrected chi connectivity index (χ2v) is 13.7. The minimum Gasteiger partial charge on any atom is -0.340 e. The van der Waals surface area contributed by atoms with Gasteiger partial charge in [0.25, 0.3) is 0 Å². The molecule has 1 nitrogen and oxygen atoms in total. The van der Waals surface area contributed by atoms with Crippen LogP contribution in [0.5, 0.6) is 0 Å². The van der Waals surface area contributed by atoms with Crippen molar-refractivity contribution < 1.29 is 0 Å². The topological polar surface area (TPSA) is 3.24 Å². The third-order valence-corrected chi connectivity index (χ3v) is 11.5. The van der Waals surface area contributed by atoms with Crippen LogP contribution < -0.4 is 4.90 Å². The highest BCUT2D eigenvalue weighted by Gasteiger charge is 2.58. The van der Waals surface area contributed by atoms with Crippen LogP contribution in [0.1, 0.15) is 84.0 Å². The summed E-state index contributed by atoms with van der Waals surface area (Å²) < 4.78 is 0. The number of hydrogen-bond acceptors (Lipinski definition) is 1. The van der Waals surface area contributed by atoms with E-state index in [2.05, 4.69) is 117 Å². The molecule has 4 aliphatic rings. The Morgan fingerprint density at radius 1 is 0.756 bits per heavy atom. The van der Waals surface area contributed by atoms with E-state index in [1.807, 2.05) is 0 Å². The van der Waals surface area contributed by atoms with E-state index in [1.165, 1.54) is 65.7 Å². The molecule has 41 heavy (non-hydrogen) atoms. The molecule has 206 valence electrons. The lowest BCUT2D eigenvalue weighted by Gasteiger charge is -2.50. The molecule has 0 bridgehead atoms. The second-order valence-electron chi connectivity index (χ2n) is 13.7. The monoisotopic (exact) mass is 535 g/mol. The van der Waals surface area contributed by atoms with Gasteiger partial charge < -0.3 is 4.90 Å². The highest BCUT2D eigenvalue weighted by atomic mass is 15.2. The fourth-order valence-corrected chi connectivity index (χ4v) is 9.34. The summed E-state index contributed by atoms with van der Waals surface area (Å²) in [5.41, 5.74) is 17.3. The molecule has 3 aliphatic carbocycles. The lowest BCUT2D eigenvalue weighted by molar-refractivity contribution is 0.104. The molecule has 1 spiro atoms. The molecule has 2 unspecified atom stereocenters. The van der Waals surface area contributed by atoms with Crippen LogP contribution in [0, 0.1) is 5.41 Å². The van der Waals surface area contributed by atoms with Crippen molar-refractivity contribution in [3.05, 3.63) is 135 Å². The van der Waals surface area contributed by atoms with Gasteiger partial charge in [0.1, 0.15) is 0 Å². The van der Waals surface area contributed by atoms with Crippen LogP contribution in [0.2, 0.25) is 0 Å². The molecular weight excluding hydrogens is 494 g/mol. The average molecular weight is 536 g/mol. The molecule has 1 aliphatic heterocycles. The summed E-state index contributed by atoms with van der Waals surface area (Å²) in [6.45, 7) is 8.52. The van der Waals surface area contributed by atoms with Gasteiger partial charge in [0.2, 0.25) is 0 Å². The van der Waals surface area contributed by atoms with Crippen molar-refractivity contribution in [1.82, 2.24) is 0 Å². The standard InChI is InChI=1S/C40H41N/c1-27-17-18-32-31-19-21-40(26-30(31)25-38(34(32)23-27)41-22-20-29-13-7-10-16-37(29)41)36(24-28-11-5-4-6-12-28)33-14-8-9-15-35(33)39(40,2)3/h4-16,23,25,36H,17-22,24,26H2,1-3H3. The van der Waals surface area contributed by atoms with Crippen LogP contribution in [0.4, 0.5) is 11.4 Å². The second kappa shape index (κ2) is 9.21. The molecule has 0 amide bonds. The van der Waals surface area contributed by atoms with E-state index < -0.39 is 0 Å². The Hall–Kier alpha value is -3.58. The predicted octanol–water partition coefficient (Wildman–Crippen LogP) is 9.52. The Bertz CT molecular complexity index is 1690. The van der Waals surface area contributed by atoms with Crippen LogP contribution in [0.3, 0.4) is 0 Å². The summed E-state index contributed by atoms with van der Waals surface area (Å²) in [5.74, 6) is 0.526. The van der Waals surface area contributed by atoms with Gasteiger partial charge in [-0.15, -0.1) is 0 Å². The van der Waals surface area contributed by atoms with Gasteiger partial charge in [-0.1, -0.05) is 98.3 Å². The molecule has 4 aromatic rings. The van der Waals surface area contributed by atoms with Gasteiger partial charge >= 0.3 is 0 Å². The largest absolute Gasteiger partial charge is 0.340 e. The van der Waals surface area contributed by atoms with Gasteiger partial charge in [-0.3, -0.25) is 0 Å². The van der Waals surface area contributed by atoms with Gasteiger partial charge in [0, 0.05) is 23.5 Å². The number of hydrogen-bond donors (Lipinski definition) is 0. The molecule has 0 N–H and O–H groups in total. The Balaban J connectivity index is 1.29. The third kappa shape index (κ3) is 3.67. The van der Waals surface area contributed by atoms with Crippen molar-refractivity contribution in [2.45, 2.75) is 77.0 Å². The molecule has 4 aromatic carbocycles. The van der Waals surface area contributed by atoms with Crippen LogP contribution >= 0.6 is 0 Å². The van der Waals surface area contributed by atoms with E-state index in [0.717, 1.165) is 19.4 Å². The number of allylic oxidation sites excluding steroid dienone is 1. The molecule has 0 saturated carbocycles.